The molecule has 7 atom stereocenters. The first kappa shape index (κ1) is 19.0. The van der Waals surface area contributed by atoms with Crippen molar-refractivity contribution >= 4 is 16.1 Å². The van der Waals surface area contributed by atoms with Crippen molar-refractivity contribution in [1.82, 2.24) is 9.03 Å². The number of ether oxygens (including phenoxy) is 1. The van der Waals surface area contributed by atoms with Gasteiger partial charge in [0.05, 0.1) is 37.5 Å². The Morgan fingerprint density at radius 1 is 1.40 bits per heavy atom. The lowest BCUT2D eigenvalue weighted by atomic mass is 9.66. The van der Waals surface area contributed by atoms with Gasteiger partial charge in [0.25, 0.3) is 0 Å². The van der Waals surface area contributed by atoms with Crippen LogP contribution in [0.2, 0.25) is 0 Å². The molecule has 3 fully saturated rings. The molecular formula is C15H25FN2O6S. The molecule has 1 amide bonds. The van der Waals surface area contributed by atoms with Crippen molar-refractivity contribution in [3.05, 3.63) is 0 Å². The number of alkyl halides is 1. The molecule has 7 unspecified atom stereocenters. The van der Waals surface area contributed by atoms with E-state index in [-0.39, 0.29) is 18.6 Å². The maximum Gasteiger partial charge on any atom is 0.304 e. The number of amides is 1. The van der Waals surface area contributed by atoms with E-state index in [1.165, 1.54) is 0 Å². The number of rotatable bonds is 4. The summed E-state index contributed by atoms with van der Waals surface area (Å²) in [4.78, 5) is 11.4. The van der Waals surface area contributed by atoms with Crippen LogP contribution in [0.1, 0.15) is 32.6 Å². The van der Waals surface area contributed by atoms with Gasteiger partial charge in [0, 0.05) is 0 Å². The standard InChI is InChI=1S/C15H25FN2O6S/c1-8(19)7-24-10-3-2-9-4-12(20)15(14(16)11(9)5-10)18-6-13(21)17-25(18,22)23/h8-12,14-15,19-20H,2-7H2,1H3,(H,17,21). The van der Waals surface area contributed by atoms with Crippen LogP contribution in [-0.4, -0.2) is 72.5 Å². The summed E-state index contributed by atoms with van der Waals surface area (Å²) in [5.41, 5.74) is 0. The number of hydrogen-bond acceptors (Lipinski definition) is 6. The second-order valence-electron chi connectivity index (χ2n) is 7.35. The summed E-state index contributed by atoms with van der Waals surface area (Å²) < 4.78 is 47.5. The zero-order chi connectivity index (χ0) is 18.4. The highest BCUT2D eigenvalue weighted by Crippen LogP contribution is 2.45. The third-order valence-corrected chi connectivity index (χ3v) is 6.91. The van der Waals surface area contributed by atoms with Crippen molar-refractivity contribution in [2.75, 3.05) is 13.2 Å². The van der Waals surface area contributed by atoms with Crippen LogP contribution < -0.4 is 4.72 Å². The van der Waals surface area contributed by atoms with Crippen LogP contribution >= 0.6 is 0 Å². The van der Waals surface area contributed by atoms with Crippen LogP contribution in [0.3, 0.4) is 0 Å². The van der Waals surface area contributed by atoms with Gasteiger partial charge in [-0.15, -0.1) is 0 Å². The largest absolute Gasteiger partial charge is 0.391 e. The van der Waals surface area contributed by atoms with E-state index in [1.807, 2.05) is 4.72 Å². The number of carbonyl (C=O) groups excluding carboxylic acids is 1. The summed E-state index contributed by atoms with van der Waals surface area (Å²) in [5, 5.41) is 19.7. The number of carbonyl (C=O) groups is 1. The van der Waals surface area contributed by atoms with Gasteiger partial charge >= 0.3 is 10.2 Å². The molecule has 2 saturated carbocycles. The van der Waals surface area contributed by atoms with Gasteiger partial charge in [-0.25, -0.2) is 9.11 Å². The number of aliphatic hydroxyl groups is 2. The Labute approximate surface area is 146 Å². The maximum absolute atomic E-state index is 15.2. The van der Waals surface area contributed by atoms with Crippen molar-refractivity contribution in [1.29, 1.82) is 0 Å². The number of nitrogens with zero attached hydrogens (tertiary/aromatic N) is 1. The lowest BCUT2D eigenvalue weighted by molar-refractivity contribution is -0.121. The summed E-state index contributed by atoms with van der Waals surface area (Å²) >= 11 is 0. The van der Waals surface area contributed by atoms with Crippen LogP contribution in [0.4, 0.5) is 4.39 Å². The molecule has 10 heteroatoms. The first-order valence-corrected chi connectivity index (χ1v) is 10.1. The molecule has 0 aromatic rings. The Morgan fingerprint density at radius 3 is 2.72 bits per heavy atom. The Morgan fingerprint density at radius 2 is 2.12 bits per heavy atom. The van der Waals surface area contributed by atoms with Gasteiger partial charge in [-0.1, -0.05) is 0 Å². The molecule has 0 bridgehead atoms. The first-order valence-electron chi connectivity index (χ1n) is 8.63. The fourth-order valence-corrected chi connectivity index (χ4v) is 5.66. The molecule has 3 aliphatic rings. The average molecular weight is 380 g/mol. The fourth-order valence-electron chi connectivity index (χ4n) is 4.33. The molecule has 1 heterocycles. The van der Waals surface area contributed by atoms with Crippen molar-refractivity contribution in [3.8, 4) is 0 Å². The maximum atomic E-state index is 15.2. The van der Waals surface area contributed by atoms with E-state index >= 15 is 4.39 Å². The van der Waals surface area contributed by atoms with Gasteiger partial charge in [0.1, 0.15) is 6.17 Å². The van der Waals surface area contributed by atoms with Gasteiger partial charge in [0.15, 0.2) is 0 Å². The third kappa shape index (κ3) is 3.82. The van der Waals surface area contributed by atoms with Crippen molar-refractivity contribution in [3.63, 3.8) is 0 Å². The van der Waals surface area contributed by atoms with E-state index in [2.05, 4.69) is 0 Å². The van der Waals surface area contributed by atoms with Crippen LogP contribution in [0.25, 0.3) is 0 Å². The zero-order valence-electron chi connectivity index (χ0n) is 14.0. The molecule has 1 saturated heterocycles. The van der Waals surface area contributed by atoms with Crippen molar-refractivity contribution in [2.24, 2.45) is 11.8 Å². The van der Waals surface area contributed by atoms with Crippen LogP contribution in [-0.2, 0) is 19.7 Å². The summed E-state index contributed by atoms with van der Waals surface area (Å²) in [6.45, 7) is 1.31. The minimum Gasteiger partial charge on any atom is -0.391 e. The van der Waals surface area contributed by atoms with E-state index in [0.717, 1.165) is 10.7 Å². The van der Waals surface area contributed by atoms with Crippen LogP contribution in [0.5, 0.6) is 0 Å². The van der Waals surface area contributed by atoms with E-state index in [1.54, 1.807) is 6.92 Å². The first-order chi connectivity index (χ1) is 11.7. The highest BCUT2D eigenvalue weighted by molar-refractivity contribution is 7.88. The Hall–Kier alpha value is -0.810. The lowest BCUT2D eigenvalue weighted by Crippen LogP contribution is -2.59. The minimum absolute atomic E-state index is 0.0402. The second kappa shape index (κ2) is 7.07. The van der Waals surface area contributed by atoms with E-state index in [0.29, 0.717) is 19.3 Å². The number of aliphatic hydroxyl groups excluding tert-OH is 2. The Kier molecular flexibility index (Phi) is 5.36. The van der Waals surface area contributed by atoms with Crippen LogP contribution in [0, 0.1) is 11.8 Å². The van der Waals surface area contributed by atoms with Gasteiger partial charge in [0.2, 0.25) is 5.91 Å². The molecular weight excluding hydrogens is 355 g/mol. The number of fused-ring (bicyclic) bond motifs is 1. The van der Waals surface area contributed by atoms with E-state index in [4.69, 9.17) is 4.74 Å². The summed E-state index contributed by atoms with van der Waals surface area (Å²) in [6.07, 6.45) is -1.39. The highest BCUT2D eigenvalue weighted by Gasteiger charge is 2.53. The molecule has 1 aliphatic heterocycles. The topological polar surface area (TPSA) is 116 Å². The summed E-state index contributed by atoms with van der Waals surface area (Å²) in [6, 6.07) is -1.26. The molecule has 144 valence electrons. The number of halogens is 1. The molecule has 0 aromatic heterocycles. The average Bonchev–Trinajstić information content (AvgIpc) is 2.78. The fraction of sp³-hybridized carbons (Fsp3) is 0.933. The van der Waals surface area contributed by atoms with Crippen LogP contribution in [0.15, 0.2) is 0 Å². The molecule has 0 spiro atoms. The normalized spacial score (nSPS) is 42.6. The molecule has 3 rings (SSSR count). The number of hydrogen-bond donors (Lipinski definition) is 3. The van der Waals surface area contributed by atoms with Gasteiger partial charge < -0.3 is 14.9 Å². The minimum atomic E-state index is -4.11. The molecule has 3 N–H and O–H groups in total. The van der Waals surface area contributed by atoms with Crippen molar-refractivity contribution < 1.29 is 32.6 Å². The smallest absolute Gasteiger partial charge is 0.304 e. The monoisotopic (exact) mass is 380 g/mol. The Bertz CT molecular complexity index is 615. The second-order valence-corrected chi connectivity index (χ2v) is 8.98. The SMILES string of the molecule is CC(O)COC1CCC2CC(O)C(N3CC(=O)NS3(=O)=O)C(F)C2C1. The molecule has 0 aromatic carbocycles. The van der Waals surface area contributed by atoms with Crippen molar-refractivity contribution in [2.45, 2.75) is 63.1 Å². The summed E-state index contributed by atoms with van der Waals surface area (Å²) in [7, 11) is -4.11. The van der Waals surface area contributed by atoms with Gasteiger partial charge in [-0.3, -0.25) is 4.79 Å². The van der Waals surface area contributed by atoms with Gasteiger partial charge in [-0.2, -0.15) is 12.7 Å². The quantitative estimate of drug-likeness (QED) is 0.595. The predicted octanol–water partition coefficient (Wildman–Crippen LogP) is -0.683. The van der Waals surface area contributed by atoms with E-state index < -0.39 is 53.0 Å². The van der Waals surface area contributed by atoms with E-state index in [9.17, 15) is 23.4 Å². The highest BCUT2D eigenvalue weighted by atomic mass is 32.2. The number of nitrogens with one attached hydrogen (secondary N) is 1. The molecule has 0 radical (unpaired) electrons. The third-order valence-electron chi connectivity index (χ3n) is 5.43. The molecule has 8 nitrogen and oxygen atoms in total. The molecule has 25 heavy (non-hydrogen) atoms. The predicted molar refractivity (Wildman–Crippen MR) is 85.3 cm³/mol. The lowest BCUT2D eigenvalue weighted by Gasteiger charge is -2.47. The van der Waals surface area contributed by atoms with Gasteiger partial charge in [-0.05, 0) is 44.4 Å². The molecule has 2 aliphatic carbocycles. The zero-order valence-corrected chi connectivity index (χ0v) is 14.9. The Balaban J connectivity index is 1.74. The summed E-state index contributed by atoms with van der Waals surface area (Å²) in [5.74, 6) is -1.20.